The van der Waals surface area contributed by atoms with Gasteiger partial charge in [-0.15, -0.1) is 4.36 Å². The van der Waals surface area contributed by atoms with E-state index in [4.69, 9.17) is 5.14 Å². The summed E-state index contributed by atoms with van der Waals surface area (Å²) in [5.41, 5.74) is 4.47. The van der Waals surface area contributed by atoms with Crippen LogP contribution in [0.1, 0.15) is 65.5 Å². The van der Waals surface area contributed by atoms with Gasteiger partial charge in [-0.05, 0) is 56.2 Å². The number of anilines is 1. The summed E-state index contributed by atoms with van der Waals surface area (Å²) in [6.45, 7) is 3.40. The zero-order chi connectivity index (χ0) is 21.6. The summed E-state index contributed by atoms with van der Waals surface area (Å²) in [6.07, 6.45) is 3.70. The number of urea groups is 1. The molecule has 2 amide bonds. The monoisotopic (exact) mass is 431 g/mol. The molecule has 0 saturated heterocycles. The number of amides is 2. The lowest BCUT2D eigenvalue weighted by Gasteiger charge is -2.14. The number of nitrogens with zero attached hydrogens (tertiary/aromatic N) is 3. The molecular weight excluding hydrogens is 406 g/mol. The molecule has 4 N–H and O–H groups in total. The van der Waals surface area contributed by atoms with Gasteiger partial charge in [-0.1, -0.05) is 6.07 Å². The van der Waals surface area contributed by atoms with E-state index in [0.717, 1.165) is 36.0 Å². The molecular formula is C20H25N5O4S. The van der Waals surface area contributed by atoms with Gasteiger partial charge >= 0.3 is 6.03 Å². The third-order valence-corrected chi connectivity index (χ3v) is 6.81. The minimum atomic E-state index is -3.63. The van der Waals surface area contributed by atoms with Crippen molar-refractivity contribution in [3.8, 4) is 0 Å². The van der Waals surface area contributed by atoms with E-state index in [1.54, 1.807) is 0 Å². The van der Waals surface area contributed by atoms with Crippen molar-refractivity contribution in [1.82, 2.24) is 9.78 Å². The fourth-order valence-corrected chi connectivity index (χ4v) is 5.14. The number of benzene rings is 1. The predicted molar refractivity (Wildman–Crippen MR) is 112 cm³/mol. The normalized spacial score (nSPS) is 17.0. The Kier molecular flexibility index (Phi) is 5.25. The van der Waals surface area contributed by atoms with E-state index in [1.165, 1.54) is 10.7 Å². The fourth-order valence-electron chi connectivity index (χ4n) is 4.25. The molecule has 9 nitrogen and oxygen atoms in total. The lowest BCUT2D eigenvalue weighted by Crippen LogP contribution is -2.20. The van der Waals surface area contributed by atoms with Gasteiger partial charge in [0.05, 0.1) is 18.0 Å². The average Bonchev–Trinajstić information content (AvgIpc) is 3.39. The Labute approximate surface area is 175 Å². The second-order valence-electron chi connectivity index (χ2n) is 7.96. The van der Waals surface area contributed by atoms with Gasteiger partial charge in [0.15, 0.2) is 20.7 Å². The molecule has 2 aliphatic rings. The van der Waals surface area contributed by atoms with Crippen molar-refractivity contribution in [3.63, 3.8) is 0 Å². The summed E-state index contributed by atoms with van der Waals surface area (Å²) in [4.78, 5) is 25.1. The van der Waals surface area contributed by atoms with E-state index < -0.39 is 15.9 Å². The Balaban J connectivity index is 1.70. The van der Waals surface area contributed by atoms with Crippen molar-refractivity contribution in [1.29, 1.82) is 0 Å². The van der Waals surface area contributed by atoms with Gasteiger partial charge in [0, 0.05) is 24.1 Å². The Morgan fingerprint density at radius 2 is 2.07 bits per heavy atom. The van der Waals surface area contributed by atoms with Crippen molar-refractivity contribution in [2.45, 2.75) is 63.6 Å². The van der Waals surface area contributed by atoms with Crippen LogP contribution in [0.25, 0.3) is 0 Å². The number of carbonyl (C=O) groups excluding carboxylic acids is 2. The van der Waals surface area contributed by atoms with Gasteiger partial charge in [0.2, 0.25) is 0 Å². The number of aliphatic hydroxyl groups is 1. The van der Waals surface area contributed by atoms with Crippen LogP contribution in [-0.2, 0) is 35.8 Å². The van der Waals surface area contributed by atoms with Crippen LogP contribution in [0.2, 0.25) is 0 Å². The second-order valence-corrected chi connectivity index (χ2v) is 9.70. The first-order valence-corrected chi connectivity index (χ1v) is 11.5. The Hall–Kier alpha value is -2.56. The molecule has 10 heteroatoms. The summed E-state index contributed by atoms with van der Waals surface area (Å²) in [5, 5.41) is 22.1. The van der Waals surface area contributed by atoms with E-state index in [2.05, 4.69) is 20.8 Å². The van der Waals surface area contributed by atoms with Gasteiger partial charge in [-0.2, -0.15) is 5.10 Å². The molecule has 1 atom stereocenters. The number of rotatable bonds is 4. The Bertz CT molecular complexity index is 1170. The maximum Gasteiger partial charge on any atom is 0.354 e. The number of hydrogen-bond donors (Lipinski definition) is 3. The number of nitrogens with two attached hydrogens (primary N) is 1. The third-order valence-electron chi connectivity index (χ3n) is 5.57. The van der Waals surface area contributed by atoms with Gasteiger partial charge in [-0.3, -0.25) is 9.48 Å². The first-order valence-electron chi connectivity index (χ1n) is 9.97. The van der Waals surface area contributed by atoms with Crippen LogP contribution in [-0.4, -0.2) is 30.9 Å². The maximum absolute atomic E-state index is 13.0. The smallest absolute Gasteiger partial charge is 0.354 e. The van der Waals surface area contributed by atoms with Crippen LogP contribution in [0.15, 0.2) is 21.5 Å². The van der Waals surface area contributed by atoms with Gasteiger partial charge in [0.1, 0.15) is 0 Å². The van der Waals surface area contributed by atoms with Crippen LogP contribution in [0.3, 0.4) is 0 Å². The van der Waals surface area contributed by atoms with Crippen LogP contribution in [0, 0.1) is 0 Å². The molecule has 160 valence electrons. The Morgan fingerprint density at radius 1 is 1.30 bits per heavy atom. The first kappa shape index (κ1) is 20.7. The Morgan fingerprint density at radius 3 is 2.73 bits per heavy atom. The molecule has 30 heavy (non-hydrogen) atoms. The molecule has 1 aromatic heterocycles. The van der Waals surface area contributed by atoms with Crippen LogP contribution < -0.4 is 10.5 Å². The highest BCUT2D eigenvalue weighted by molar-refractivity contribution is 7.91. The number of aromatic nitrogens is 2. The van der Waals surface area contributed by atoms with Crippen molar-refractivity contribution in [2.24, 2.45) is 9.50 Å². The molecule has 0 spiro atoms. The van der Waals surface area contributed by atoms with Gasteiger partial charge in [-0.25, -0.2) is 14.1 Å². The van der Waals surface area contributed by atoms with Crippen molar-refractivity contribution in [2.75, 3.05) is 5.32 Å². The number of Topliss-reactive ketones (excluding diaryl/α,β-unsaturated/α-hetero) is 1. The molecule has 1 heterocycles. The number of fused-ring (bicyclic) bond motifs is 2. The number of ketones is 1. The highest BCUT2D eigenvalue weighted by Crippen LogP contribution is 2.38. The SMILES string of the molecule is CC(C)n1nc(S(N)(=O)=NC(=O)Nc2c3c(cc4c2C(=O)CC4)CCC3)cc1CO. The van der Waals surface area contributed by atoms with Crippen LogP contribution in [0.4, 0.5) is 10.5 Å². The highest BCUT2D eigenvalue weighted by atomic mass is 32.2. The summed E-state index contributed by atoms with van der Waals surface area (Å²) >= 11 is 0. The number of aliphatic hydroxyl groups excluding tert-OH is 1. The third kappa shape index (κ3) is 3.55. The molecule has 2 aliphatic carbocycles. The zero-order valence-corrected chi connectivity index (χ0v) is 17.8. The predicted octanol–water partition coefficient (Wildman–Crippen LogP) is 2.51. The molecule has 0 radical (unpaired) electrons. The van der Waals surface area contributed by atoms with E-state index in [1.807, 2.05) is 13.8 Å². The van der Waals surface area contributed by atoms with Crippen molar-refractivity contribution >= 4 is 27.4 Å². The lowest BCUT2D eigenvalue weighted by atomic mass is 9.98. The molecule has 0 bridgehead atoms. The quantitative estimate of drug-likeness (QED) is 0.682. The topological polar surface area (TPSA) is 140 Å². The first-order chi connectivity index (χ1) is 14.2. The van der Waals surface area contributed by atoms with Gasteiger partial charge < -0.3 is 10.4 Å². The number of nitrogens with one attached hydrogen (secondary N) is 1. The highest BCUT2D eigenvalue weighted by Gasteiger charge is 2.30. The number of hydrogen-bond acceptors (Lipinski definition) is 5. The molecule has 0 saturated carbocycles. The summed E-state index contributed by atoms with van der Waals surface area (Å²) in [7, 11) is -3.63. The molecule has 4 rings (SSSR count). The van der Waals surface area contributed by atoms with Crippen molar-refractivity contribution in [3.05, 3.63) is 40.1 Å². The second kappa shape index (κ2) is 7.60. The summed E-state index contributed by atoms with van der Waals surface area (Å²) in [5.74, 6) is -0.00764. The molecule has 0 fully saturated rings. The molecule has 1 unspecified atom stereocenters. The minimum absolute atomic E-state index is 0.00764. The van der Waals surface area contributed by atoms with Crippen LogP contribution in [0.5, 0.6) is 0 Å². The maximum atomic E-state index is 13.0. The van der Waals surface area contributed by atoms with Crippen LogP contribution >= 0.6 is 0 Å². The van der Waals surface area contributed by atoms with E-state index >= 15 is 0 Å². The zero-order valence-electron chi connectivity index (χ0n) is 17.0. The van der Waals surface area contributed by atoms with E-state index in [0.29, 0.717) is 29.8 Å². The average molecular weight is 432 g/mol. The minimum Gasteiger partial charge on any atom is -0.390 e. The van der Waals surface area contributed by atoms with Crippen molar-refractivity contribution < 1.29 is 18.9 Å². The summed E-state index contributed by atoms with van der Waals surface area (Å²) in [6, 6.07) is 2.48. The van der Waals surface area contributed by atoms with Gasteiger partial charge in [0.25, 0.3) is 0 Å². The largest absolute Gasteiger partial charge is 0.390 e. The summed E-state index contributed by atoms with van der Waals surface area (Å²) < 4.78 is 18.1. The standard InChI is InChI=1S/C20H25N5O4S/c1-11(2)25-14(10-26)9-17(23-25)30(21,29)24-20(28)22-19-15-5-3-4-12(15)8-13-6-7-16(27)18(13)19/h8-9,11,26H,3-7,10H2,1-2H3,(H3,21,22,24,28,29). The molecule has 1 aromatic carbocycles. The number of aryl methyl sites for hydroxylation is 2. The van der Waals surface area contributed by atoms with E-state index in [9.17, 15) is 18.9 Å². The lowest BCUT2D eigenvalue weighted by molar-refractivity contribution is 0.0995. The van der Waals surface area contributed by atoms with E-state index in [-0.39, 0.29) is 23.5 Å². The fraction of sp³-hybridized carbons (Fsp3) is 0.450. The molecule has 2 aromatic rings. The number of carbonyl (C=O) groups is 2. The molecule has 0 aliphatic heterocycles.